The summed E-state index contributed by atoms with van der Waals surface area (Å²) in [5.41, 5.74) is 0.601. The molecule has 2 aromatic rings. The van der Waals surface area contributed by atoms with E-state index in [0.29, 0.717) is 17.2 Å². The van der Waals surface area contributed by atoms with Gasteiger partial charge in [0.15, 0.2) is 29.7 Å². The van der Waals surface area contributed by atoms with Crippen LogP contribution in [0.25, 0.3) is 0 Å². The minimum atomic E-state index is -1.31. The summed E-state index contributed by atoms with van der Waals surface area (Å²) in [5.74, 6) is -1.49. The van der Waals surface area contributed by atoms with Gasteiger partial charge in [0.05, 0.1) is 0 Å². The lowest BCUT2D eigenvalue weighted by molar-refractivity contribution is -0.254. The molecule has 0 unspecified atom stereocenters. The lowest BCUT2D eigenvalue weighted by atomic mass is 9.97. The number of anilines is 1. The normalized spacial score (nSPS) is 21.8. The smallest absolute Gasteiger partial charge is 0.303 e. The lowest BCUT2D eigenvalue weighted by Crippen LogP contribution is -2.66. The van der Waals surface area contributed by atoms with Crippen LogP contribution in [0.5, 0.6) is 11.5 Å². The molecule has 1 aliphatic rings. The molecule has 1 saturated heterocycles. The van der Waals surface area contributed by atoms with Crippen molar-refractivity contribution in [3.63, 3.8) is 0 Å². The summed E-state index contributed by atoms with van der Waals surface area (Å²) in [5, 5.41) is 5.94. The van der Waals surface area contributed by atoms with E-state index in [9.17, 15) is 19.2 Å². The molecule has 3 rings (SSSR count). The molecule has 13 heteroatoms. The number of carbonyl (C=O) groups is 4. The number of benzene rings is 2. The van der Waals surface area contributed by atoms with E-state index >= 15 is 0 Å². The standard InChI is InChI=1S/C27H30N2O10S/c1-15(30)34-14-22-23(35-16(2)31)24(36-17(3)32)25(37-18(4)33)26(39-22)29-27(40)28-19-10-12-21(13-11-19)38-20-8-6-5-7-9-20/h5-13,22-26H,14H2,1-4H3,(H2,28,29,40)/t22-,23-,24-,25+,26-/m0/s1. The average molecular weight is 575 g/mol. The van der Waals surface area contributed by atoms with Crippen molar-refractivity contribution in [1.29, 1.82) is 0 Å². The summed E-state index contributed by atoms with van der Waals surface area (Å²) < 4.78 is 33.0. The Labute approximate surface area is 236 Å². The van der Waals surface area contributed by atoms with Crippen LogP contribution in [0.3, 0.4) is 0 Å². The molecule has 12 nitrogen and oxygen atoms in total. The van der Waals surface area contributed by atoms with Gasteiger partial charge in [-0.3, -0.25) is 19.2 Å². The summed E-state index contributed by atoms with van der Waals surface area (Å²) in [6, 6.07) is 16.2. The number of rotatable bonds is 9. The highest BCUT2D eigenvalue weighted by Gasteiger charge is 2.52. The first-order chi connectivity index (χ1) is 19.0. The number of hydrogen-bond acceptors (Lipinski definition) is 11. The quantitative estimate of drug-likeness (QED) is 0.257. The third-order valence-corrected chi connectivity index (χ3v) is 5.58. The molecular formula is C27H30N2O10S. The Hall–Kier alpha value is -4.23. The maximum absolute atomic E-state index is 12.0. The molecule has 0 bridgehead atoms. The average Bonchev–Trinajstić information content (AvgIpc) is 2.87. The van der Waals surface area contributed by atoms with Gasteiger partial charge in [0.25, 0.3) is 0 Å². The van der Waals surface area contributed by atoms with Crippen molar-refractivity contribution in [3.05, 3.63) is 54.6 Å². The molecule has 0 saturated carbocycles. The van der Waals surface area contributed by atoms with Crippen LogP contribution in [0.4, 0.5) is 5.69 Å². The summed E-state index contributed by atoms with van der Waals surface area (Å²) in [4.78, 5) is 47.3. The zero-order valence-electron chi connectivity index (χ0n) is 22.3. The first kappa shape index (κ1) is 30.3. The molecule has 0 radical (unpaired) electrons. The Balaban J connectivity index is 1.79. The summed E-state index contributed by atoms with van der Waals surface area (Å²) in [6.07, 6.45) is -6.16. The molecule has 1 heterocycles. The second-order valence-corrected chi connectivity index (χ2v) is 9.07. The minimum Gasteiger partial charge on any atom is -0.463 e. The van der Waals surface area contributed by atoms with E-state index in [1.807, 2.05) is 30.3 Å². The third-order valence-electron chi connectivity index (χ3n) is 5.36. The molecule has 2 N–H and O–H groups in total. The minimum absolute atomic E-state index is 0.0672. The molecule has 0 spiro atoms. The van der Waals surface area contributed by atoms with Gasteiger partial charge in [0.2, 0.25) is 0 Å². The number of thiocarbonyl (C=S) groups is 1. The topological polar surface area (TPSA) is 148 Å². The molecule has 1 fully saturated rings. The first-order valence-corrected chi connectivity index (χ1v) is 12.6. The lowest BCUT2D eigenvalue weighted by Gasteiger charge is -2.44. The van der Waals surface area contributed by atoms with Gasteiger partial charge in [0.1, 0.15) is 24.2 Å². The number of ether oxygens (including phenoxy) is 6. The maximum atomic E-state index is 12.0. The van der Waals surface area contributed by atoms with Crippen LogP contribution in [0.1, 0.15) is 27.7 Å². The molecular weight excluding hydrogens is 544 g/mol. The van der Waals surface area contributed by atoms with Crippen LogP contribution in [-0.4, -0.2) is 66.2 Å². The van der Waals surface area contributed by atoms with Crippen molar-refractivity contribution in [3.8, 4) is 11.5 Å². The summed E-state index contributed by atoms with van der Waals surface area (Å²) >= 11 is 5.44. The van der Waals surface area contributed by atoms with Crippen LogP contribution in [-0.2, 0) is 42.9 Å². The fourth-order valence-electron chi connectivity index (χ4n) is 3.87. The molecule has 5 atom stereocenters. The van der Waals surface area contributed by atoms with Crippen molar-refractivity contribution in [2.24, 2.45) is 0 Å². The number of esters is 4. The van der Waals surface area contributed by atoms with E-state index in [2.05, 4.69) is 10.6 Å². The summed E-state index contributed by atoms with van der Waals surface area (Å²) in [7, 11) is 0. The van der Waals surface area contributed by atoms with E-state index in [4.69, 9.17) is 40.6 Å². The number of para-hydroxylation sites is 1. The van der Waals surface area contributed by atoms with E-state index in [0.717, 1.165) is 20.8 Å². The fraction of sp³-hybridized carbons (Fsp3) is 0.370. The summed E-state index contributed by atoms with van der Waals surface area (Å²) in [6.45, 7) is 4.29. The highest BCUT2D eigenvalue weighted by Crippen LogP contribution is 2.29. The molecule has 0 aliphatic carbocycles. The largest absolute Gasteiger partial charge is 0.463 e. The van der Waals surface area contributed by atoms with Crippen LogP contribution >= 0.6 is 12.2 Å². The Morgan fingerprint density at radius 2 is 1.30 bits per heavy atom. The monoisotopic (exact) mass is 574 g/mol. The molecule has 214 valence electrons. The number of carbonyl (C=O) groups excluding carboxylic acids is 4. The molecule has 0 aromatic heterocycles. The van der Waals surface area contributed by atoms with Gasteiger partial charge in [-0.25, -0.2) is 0 Å². The number of hydrogen-bond donors (Lipinski definition) is 2. The molecule has 1 aliphatic heterocycles. The second-order valence-electron chi connectivity index (χ2n) is 8.66. The van der Waals surface area contributed by atoms with Crippen LogP contribution in [0.15, 0.2) is 54.6 Å². The van der Waals surface area contributed by atoms with Gasteiger partial charge in [-0.2, -0.15) is 0 Å². The Kier molecular flexibility index (Phi) is 10.8. The Morgan fingerprint density at radius 1 is 0.750 bits per heavy atom. The highest BCUT2D eigenvalue weighted by molar-refractivity contribution is 7.80. The Bertz CT molecular complexity index is 1210. The van der Waals surface area contributed by atoms with Crippen molar-refractivity contribution < 1.29 is 47.6 Å². The van der Waals surface area contributed by atoms with Gasteiger partial charge in [0, 0.05) is 33.4 Å². The molecule has 40 heavy (non-hydrogen) atoms. The third kappa shape index (κ3) is 9.20. The highest BCUT2D eigenvalue weighted by atomic mass is 32.1. The Morgan fingerprint density at radius 3 is 1.88 bits per heavy atom. The first-order valence-electron chi connectivity index (χ1n) is 12.2. The maximum Gasteiger partial charge on any atom is 0.303 e. The van der Waals surface area contributed by atoms with Gasteiger partial charge in [-0.15, -0.1) is 0 Å². The molecule has 0 amide bonds. The van der Waals surface area contributed by atoms with Gasteiger partial charge >= 0.3 is 23.9 Å². The zero-order valence-corrected chi connectivity index (χ0v) is 23.1. The number of nitrogens with one attached hydrogen (secondary N) is 2. The van der Waals surface area contributed by atoms with Crippen molar-refractivity contribution >= 4 is 46.9 Å². The van der Waals surface area contributed by atoms with Crippen LogP contribution < -0.4 is 15.4 Å². The van der Waals surface area contributed by atoms with Crippen LogP contribution in [0.2, 0.25) is 0 Å². The fourth-order valence-corrected chi connectivity index (χ4v) is 4.11. The van der Waals surface area contributed by atoms with E-state index in [-0.39, 0.29) is 11.7 Å². The van der Waals surface area contributed by atoms with Crippen LogP contribution in [0, 0.1) is 0 Å². The van der Waals surface area contributed by atoms with Crippen molar-refractivity contribution in [1.82, 2.24) is 5.32 Å². The van der Waals surface area contributed by atoms with E-state index < -0.39 is 54.5 Å². The molecule has 2 aromatic carbocycles. The van der Waals surface area contributed by atoms with E-state index in [1.165, 1.54) is 6.92 Å². The zero-order chi connectivity index (χ0) is 29.2. The SMILES string of the molecule is CC(=O)OC[C@@H]1O[C@H](NC(=S)Nc2ccc(Oc3ccccc3)cc2)[C@H](OC(C)=O)[C@@H](OC(C)=O)[C@H]1OC(C)=O. The van der Waals surface area contributed by atoms with Gasteiger partial charge < -0.3 is 39.1 Å². The van der Waals surface area contributed by atoms with Crippen molar-refractivity contribution in [2.45, 2.75) is 58.3 Å². The van der Waals surface area contributed by atoms with Crippen molar-refractivity contribution in [2.75, 3.05) is 11.9 Å². The van der Waals surface area contributed by atoms with Gasteiger partial charge in [-0.05, 0) is 48.6 Å². The predicted octanol–water partition coefficient (Wildman–Crippen LogP) is 2.85. The second kappa shape index (κ2) is 14.2. The van der Waals surface area contributed by atoms with Gasteiger partial charge in [-0.1, -0.05) is 18.2 Å². The predicted molar refractivity (Wildman–Crippen MR) is 144 cm³/mol. The van der Waals surface area contributed by atoms with E-state index in [1.54, 1.807) is 24.3 Å².